The topological polar surface area (TPSA) is 41.3 Å². The number of thiocarbonyl (C=S) groups is 1. The molecule has 1 aliphatic heterocycles. The van der Waals surface area contributed by atoms with Gasteiger partial charge in [0.2, 0.25) is 0 Å². The largest absolute Gasteiger partial charge is 0.389 e. The predicted molar refractivity (Wildman–Crippen MR) is 84.1 cm³/mol. The van der Waals surface area contributed by atoms with Crippen molar-refractivity contribution >= 4 is 38.8 Å². The summed E-state index contributed by atoms with van der Waals surface area (Å²) in [6, 6.07) is 5.99. The van der Waals surface area contributed by atoms with Gasteiger partial charge in [0, 0.05) is 28.8 Å². The van der Waals surface area contributed by atoms with Crippen molar-refractivity contribution in [2.75, 3.05) is 32.0 Å². The van der Waals surface area contributed by atoms with E-state index in [0.29, 0.717) is 10.9 Å². The molecular weight excluding hydrogens is 310 g/mol. The molecule has 1 unspecified atom stereocenters. The molecule has 0 aliphatic carbocycles. The van der Waals surface area contributed by atoms with Crippen molar-refractivity contribution in [1.29, 1.82) is 0 Å². The van der Waals surface area contributed by atoms with Gasteiger partial charge in [0.25, 0.3) is 0 Å². The molecule has 1 fully saturated rings. The third-order valence-corrected chi connectivity index (χ3v) is 4.03. The fourth-order valence-corrected chi connectivity index (χ4v) is 2.85. The van der Waals surface area contributed by atoms with E-state index in [-0.39, 0.29) is 0 Å². The Hall–Kier alpha value is -0.650. The number of hydrogen-bond acceptors (Lipinski definition) is 3. The zero-order valence-electron chi connectivity index (χ0n) is 10.4. The van der Waals surface area contributed by atoms with Crippen LogP contribution in [0.25, 0.3) is 0 Å². The third kappa shape index (κ3) is 3.43. The van der Waals surface area contributed by atoms with Crippen LogP contribution in [0.5, 0.6) is 0 Å². The average Bonchev–Trinajstić information content (AvgIpc) is 2.73. The number of nitrogens with two attached hydrogens (primary N) is 1. The van der Waals surface area contributed by atoms with Gasteiger partial charge in [-0.3, -0.25) is 0 Å². The first-order chi connectivity index (χ1) is 8.56. The normalized spacial score (nSPS) is 20.0. The van der Waals surface area contributed by atoms with Gasteiger partial charge in [-0.1, -0.05) is 28.1 Å². The van der Waals surface area contributed by atoms with E-state index < -0.39 is 0 Å². The van der Waals surface area contributed by atoms with Gasteiger partial charge in [-0.05, 0) is 44.1 Å². The molecule has 1 aromatic carbocycles. The summed E-state index contributed by atoms with van der Waals surface area (Å²) in [6.45, 7) is 3.32. The van der Waals surface area contributed by atoms with Crippen molar-refractivity contribution in [2.45, 2.75) is 6.42 Å². The van der Waals surface area contributed by atoms with Crippen LogP contribution in [0.15, 0.2) is 22.7 Å². The van der Waals surface area contributed by atoms with Gasteiger partial charge in [-0.25, -0.2) is 0 Å². The van der Waals surface area contributed by atoms with Crippen LogP contribution in [0.4, 0.5) is 5.69 Å². The number of anilines is 1. The average molecular weight is 328 g/mol. The Balaban J connectivity index is 2.02. The maximum atomic E-state index is 5.75. The minimum Gasteiger partial charge on any atom is -0.389 e. The van der Waals surface area contributed by atoms with Gasteiger partial charge >= 0.3 is 0 Å². The number of hydrogen-bond donors (Lipinski definition) is 2. The van der Waals surface area contributed by atoms with Gasteiger partial charge in [-0.15, -0.1) is 0 Å². The van der Waals surface area contributed by atoms with E-state index in [1.165, 1.54) is 13.0 Å². The summed E-state index contributed by atoms with van der Waals surface area (Å²) in [5, 5.41) is 3.47. The van der Waals surface area contributed by atoms with E-state index >= 15 is 0 Å². The molecular formula is C13H18BrN3S. The highest BCUT2D eigenvalue weighted by molar-refractivity contribution is 9.10. The van der Waals surface area contributed by atoms with E-state index in [1.807, 2.05) is 18.2 Å². The maximum absolute atomic E-state index is 5.75. The summed E-state index contributed by atoms with van der Waals surface area (Å²) in [5.74, 6) is 0.706. The molecule has 0 amide bonds. The molecule has 0 radical (unpaired) electrons. The van der Waals surface area contributed by atoms with Gasteiger partial charge in [-0.2, -0.15) is 0 Å². The highest BCUT2D eigenvalue weighted by Gasteiger charge is 2.19. The molecule has 2 rings (SSSR count). The molecule has 18 heavy (non-hydrogen) atoms. The monoisotopic (exact) mass is 327 g/mol. The van der Waals surface area contributed by atoms with E-state index in [0.717, 1.165) is 28.8 Å². The first kappa shape index (κ1) is 13.8. The van der Waals surface area contributed by atoms with Crippen LogP contribution in [0.3, 0.4) is 0 Å². The van der Waals surface area contributed by atoms with Crippen molar-refractivity contribution in [3.05, 3.63) is 28.2 Å². The van der Waals surface area contributed by atoms with Gasteiger partial charge in [0.15, 0.2) is 0 Å². The second-order valence-electron chi connectivity index (χ2n) is 4.85. The van der Waals surface area contributed by atoms with E-state index in [9.17, 15) is 0 Å². The molecule has 5 heteroatoms. The van der Waals surface area contributed by atoms with Crippen LogP contribution in [-0.2, 0) is 0 Å². The minimum absolute atomic E-state index is 0.433. The molecule has 1 heterocycles. The number of nitrogens with one attached hydrogen (secondary N) is 1. The Bertz CT molecular complexity index is 450. The fourth-order valence-electron chi connectivity index (χ4n) is 2.32. The van der Waals surface area contributed by atoms with Crippen molar-refractivity contribution < 1.29 is 0 Å². The molecule has 3 nitrogen and oxygen atoms in total. The summed E-state index contributed by atoms with van der Waals surface area (Å²) in [7, 11) is 2.17. The van der Waals surface area contributed by atoms with Crippen LogP contribution in [-0.4, -0.2) is 36.6 Å². The van der Waals surface area contributed by atoms with Crippen LogP contribution in [0.2, 0.25) is 0 Å². The van der Waals surface area contributed by atoms with Crippen molar-refractivity contribution in [3.63, 3.8) is 0 Å². The lowest BCUT2D eigenvalue weighted by Gasteiger charge is -2.15. The van der Waals surface area contributed by atoms with Crippen LogP contribution in [0.1, 0.15) is 12.0 Å². The molecule has 1 aromatic rings. The van der Waals surface area contributed by atoms with E-state index in [1.54, 1.807) is 0 Å². The first-order valence-corrected chi connectivity index (χ1v) is 7.28. The van der Waals surface area contributed by atoms with Gasteiger partial charge in [0.05, 0.1) is 0 Å². The standard InChI is InChI=1S/C13H18BrN3S/c1-17-5-4-9(8-17)7-16-12-3-2-10(14)6-11(12)13(15)18/h2-3,6,9,16H,4-5,7-8H2,1H3,(H2,15,18). The summed E-state index contributed by atoms with van der Waals surface area (Å²) in [6.07, 6.45) is 1.25. The Morgan fingerprint density at radius 2 is 2.39 bits per heavy atom. The van der Waals surface area contributed by atoms with Crippen molar-refractivity contribution in [3.8, 4) is 0 Å². The molecule has 0 saturated carbocycles. The Kier molecular flexibility index (Phi) is 4.59. The molecule has 0 spiro atoms. The van der Waals surface area contributed by atoms with Gasteiger partial charge in [0.1, 0.15) is 4.99 Å². The lowest BCUT2D eigenvalue weighted by atomic mass is 10.1. The summed E-state index contributed by atoms with van der Waals surface area (Å²) in [4.78, 5) is 2.80. The fraction of sp³-hybridized carbons (Fsp3) is 0.462. The molecule has 3 N–H and O–H groups in total. The highest BCUT2D eigenvalue weighted by atomic mass is 79.9. The first-order valence-electron chi connectivity index (χ1n) is 6.08. The van der Waals surface area contributed by atoms with Crippen LogP contribution < -0.4 is 11.1 Å². The van der Waals surface area contributed by atoms with Crippen LogP contribution in [0, 0.1) is 5.92 Å². The number of benzene rings is 1. The summed E-state index contributed by atoms with van der Waals surface area (Å²) in [5.41, 5.74) is 7.69. The molecule has 98 valence electrons. The summed E-state index contributed by atoms with van der Waals surface area (Å²) < 4.78 is 0.997. The van der Waals surface area contributed by atoms with Crippen molar-refractivity contribution in [2.24, 2.45) is 11.7 Å². The Morgan fingerprint density at radius 1 is 1.61 bits per heavy atom. The van der Waals surface area contributed by atoms with E-state index in [4.69, 9.17) is 18.0 Å². The Morgan fingerprint density at radius 3 is 3.00 bits per heavy atom. The molecule has 0 aromatic heterocycles. The predicted octanol–water partition coefficient (Wildman–Crippen LogP) is 2.45. The molecule has 1 atom stereocenters. The summed E-state index contributed by atoms with van der Waals surface area (Å²) >= 11 is 8.53. The highest BCUT2D eigenvalue weighted by Crippen LogP contribution is 2.22. The number of rotatable bonds is 4. The smallest absolute Gasteiger partial charge is 0.106 e. The van der Waals surface area contributed by atoms with Crippen LogP contribution >= 0.6 is 28.1 Å². The second-order valence-corrected chi connectivity index (χ2v) is 6.21. The minimum atomic E-state index is 0.433. The third-order valence-electron chi connectivity index (χ3n) is 3.32. The molecule has 0 bridgehead atoms. The molecule has 1 aliphatic rings. The zero-order chi connectivity index (χ0) is 13.1. The SMILES string of the molecule is CN1CCC(CNc2ccc(Br)cc2C(N)=S)C1. The zero-order valence-corrected chi connectivity index (χ0v) is 12.9. The lowest BCUT2D eigenvalue weighted by Crippen LogP contribution is -2.20. The number of nitrogens with zero attached hydrogens (tertiary/aromatic N) is 1. The molecule has 1 saturated heterocycles. The van der Waals surface area contributed by atoms with E-state index in [2.05, 4.69) is 33.2 Å². The van der Waals surface area contributed by atoms with Crippen molar-refractivity contribution in [1.82, 2.24) is 4.90 Å². The Labute approximate surface area is 122 Å². The number of halogens is 1. The number of likely N-dealkylation sites (tertiary alicyclic amines) is 1. The lowest BCUT2D eigenvalue weighted by molar-refractivity contribution is 0.399. The second kappa shape index (κ2) is 5.99. The maximum Gasteiger partial charge on any atom is 0.106 e. The van der Waals surface area contributed by atoms with Gasteiger partial charge < -0.3 is 16.0 Å². The quantitative estimate of drug-likeness (QED) is 0.833.